The molecule has 1 heterocycles. The first-order valence-electron chi connectivity index (χ1n) is 7.22. The predicted octanol–water partition coefficient (Wildman–Crippen LogP) is 1.46. The van der Waals surface area contributed by atoms with Crippen LogP contribution in [0.15, 0.2) is 30.3 Å². The van der Waals surface area contributed by atoms with Gasteiger partial charge in [-0.15, -0.1) is 0 Å². The van der Waals surface area contributed by atoms with Gasteiger partial charge in [0.05, 0.1) is 19.1 Å². The van der Waals surface area contributed by atoms with Crippen LogP contribution in [0.1, 0.15) is 25.8 Å². The number of rotatable bonds is 5. The zero-order valence-corrected chi connectivity index (χ0v) is 12.3. The summed E-state index contributed by atoms with van der Waals surface area (Å²) in [5.74, 6) is 0.0581. The van der Waals surface area contributed by atoms with Crippen LogP contribution in [-0.2, 0) is 14.9 Å². The number of benzene rings is 1. The predicted molar refractivity (Wildman–Crippen MR) is 79.7 cm³/mol. The van der Waals surface area contributed by atoms with Crippen molar-refractivity contribution >= 4 is 5.91 Å². The molecule has 20 heavy (non-hydrogen) atoms. The van der Waals surface area contributed by atoms with Crippen molar-refractivity contribution in [2.45, 2.75) is 31.8 Å². The first-order chi connectivity index (χ1) is 9.58. The molecule has 1 unspecified atom stereocenters. The SMILES string of the molecule is CC(C)(CNC(=O)CC1CNCCO1)c1ccccc1. The molecule has 0 bridgehead atoms. The van der Waals surface area contributed by atoms with Gasteiger partial charge >= 0.3 is 0 Å². The van der Waals surface area contributed by atoms with Gasteiger partial charge in [-0.25, -0.2) is 0 Å². The minimum atomic E-state index is -0.0669. The van der Waals surface area contributed by atoms with E-state index in [1.54, 1.807) is 0 Å². The number of hydrogen-bond acceptors (Lipinski definition) is 3. The number of carbonyl (C=O) groups is 1. The maximum atomic E-state index is 12.0. The summed E-state index contributed by atoms with van der Waals surface area (Å²) in [4.78, 5) is 12.0. The lowest BCUT2D eigenvalue weighted by molar-refractivity contribution is -0.124. The number of carbonyl (C=O) groups excluding carboxylic acids is 1. The van der Waals surface area contributed by atoms with Crippen molar-refractivity contribution in [3.8, 4) is 0 Å². The summed E-state index contributed by atoms with van der Waals surface area (Å²) in [5.41, 5.74) is 1.17. The van der Waals surface area contributed by atoms with Crippen molar-refractivity contribution in [3.63, 3.8) is 0 Å². The highest BCUT2D eigenvalue weighted by molar-refractivity contribution is 5.76. The molecule has 110 valence electrons. The number of hydrogen-bond donors (Lipinski definition) is 2. The molecule has 1 saturated heterocycles. The first kappa shape index (κ1) is 15.0. The Kier molecular flexibility index (Phi) is 5.15. The average Bonchev–Trinajstić information content (AvgIpc) is 2.47. The van der Waals surface area contributed by atoms with Crippen LogP contribution in [0, 0.1) is 0 Å². The molecule has 0 spiro atoms. The second-order valence-electron chi connectivity index (χ2n) is 5.93. The molecule has 0 saturated carbocycles. The van der Waals surface area contributed by atoms with Crippen molar-refractivity contribution in [3.05, 3.63) is 35.9 Å². The van der Waals surface area contributed by atoms with E-state index in [-0.39, 0.29) is 17.4 Å². The Bertz CT molecular complexity index is 425. The highest BCUT2D eigenvalue weighted by Gasteiger charge is 2.22. The molecule has 0 aromatic heterocycles. The third-order valence-corrected chi connectivity index (χ3v) is 3.70. The Morgan fingerprint density at radius 1 is 1.40 bits per heavy atom. The van der Waals surface area contributed by atoms with E-state index in [4.69, 9.17) is 4.74 Å². The molecule has 2 rings (SSSR count). The van der Waals surface area contributed by atoms with Crippen LogP contribution in [0.4, 0.5) is 0 Å². The van der Waals surface area contributed by atoms with Crippen LogP contribution in [0.3, 0.4) is 0 Å². The maximum Gasteiger partial charge on any atom is 0.222 e. The molecule has 1 aliphatic rings. The van der Waals surface area contributed by atoms with Gasteiger partial charge in [0.25, 0.3) is 0 Å². The van der Waals surface area contributed by atoms with Gasteiger partial charge in [0.1, 0.15) is 0 Å². The standard InChI is InChI=1S/C16H24N2O2/c1-16(2,13-6-4-3-5-7-13)12-18-15(19)10-14-11-17-8-9-20-14/h3-7,14,17H,8-12H2,1-2H3,(H,18,19). The lowest BCUT2D eigenvalue weighted by Gasteiger charge is -2.27. The van der Waals surface area contributed by atoms with E-state index in [2.05, 4.69) is 36.6 Å². The van der Waals surface area contributed by atoms with Crippen molar-refractivity contribution in [1.82, 2.24) is 10.6 Å². The van der Waals surface area contributed by atoms with Gasteiger partial charge in [0.15, 0.2) is 0 Å². The van der Waals surface area contributed by atoms with Crippen molar-refractivity contribution < 1.29 is 9.53 Å². The highest BCUT2D eigenvalue weighted by atomic mass is 16.5. The summed E-state index contributed by atoms with van der Waals surface area (Å²) in [6, 6.07) is 10.3. The smallest absolute Gasteiger partial charge is 0.222 e. The van der Waals surface area contributed by atoms with Crippen molar-refractivity contribution in [2.75, 3.05) is 26.2 Å². The Morgan fingerprint density at radius 3 is 2.80 bits per heavy atom. The quantitative estimate of drug-likeness (QED) is 0.856. The monoisotopic (exact) mass is 276 g/mol. The zero-order chi connectivity index (χ0) is 14.4. The van der Waals surface area contributed by atoms with E-state index in [0.717, 1.165) is 13.1 Å². The van der Waals surface area contributed by atoms with E-state index < -0.39 is 0 Å². The molecular formula is C16H24N2O2. The number of morpholine rings is 1. The van der Waals surface area contributed by atoms with E-state index in [1.165, 1.54) is 5.56 Å². The fourth-order valence-corrected chi connectivity index (χ4v) is 2.34. The zero-order valence-electron chi connectivity index (χ0n) is 12.3. The highest BCUT2D eigenvalue weighted by Crippen LogP contribution is 2.21. The minimum absolute atomic E-state index is 0.00332. The fraction of sp³-hybridized carbons (Fsp3) is 0.562. The molecule has 0 aliphatic carbocycles. The maximum absolute atomic E-state index is 12.0. The lowest BCUT2D eigenvalue weighted by Crippen LogP contribution is -2.43. The lowest BCUT2D eigenvalue weighted by atomic mass is 9.84. The van der Waals surface area contributed by atoms with Gasteiger partial charge in [0, 0.05) is 25.0 Å². The molecule has 2 N–H and O–H groups in total. The molecule has 1 amide bonds. The summed E-state index contributed by atoms with van der Waals surface area (Å²) < 4.78 is 5.54. The fourth-order valence-electron chi connectivity index (χ4n) is 2.34. The Morgan fingerprint density at radius 2 is 2.15 bits per heavy atom. The molecule has 1 aliphatic heterocycles. The van der Waals surface area contributed by atoms with Gasteiger partial charge < -0.3 is 15.4 Å². The Labute approximate surface area is 120 Å². The van der Waals surface area contributed by atoms with Crippen LogP contribution in [0.25, 0.3) is 0 Å². The number of nitrogens with one attached hydrogen (secondary N) is 2. The molecule has 1 aromatic carbocycles. The number of ether oxygens (including phenoxy) is 1. The van der Waals surface area contributed by atoms with Crippen molar-refractivity contribution in [2.24, 2.45) is 0 Å². The third-order valence-electron chi connectivity index (χ3n) is 3.70. The summed E-state index contributed by atoms with van der Waals surface area (Å²) in [5, 5.41) is 6.26. The molecule has 4 heteroatoms. The van der Waals surface area contributed by atoms with Gasteiger partial charge in [-0.3, -0.25) is 4.79 Å². The van der Waals surface area contributed by atoms with Crippen LogP contribution in [0.2, 0.25) is 0 Å². The van der Waals surface area contributed by atoms with Crippen LogP contribution >= 0.6 is 0 Å². The summed E-state index contributed by atoms with van der Waals surface area (Å²) in [6.45, 7) is 7.24. The van der Waals surface area contributed by atoms with Crippen LogP contribution in [0.5, 0.6) is 0 Å². The number of amides is 1. The van der Waals surface area contributed by atoms with Gasteiger partial charge in [-0.05, 0) is 5.56 Å². The van der Waals surface area contributed by atoms with E-state index in [1.807, 2.05) is 18.2 Å². The topological polar surface area (TPSA) is 50.4 Å². The van der Waals surface area contributed by atoms with Crippen LogP contribution < -0.4 is 10.6 Å². The molecular weight excluding hydrogens is 252 g/mol. The minimum Gasteiger partial charge on any atom is -0.375 e. The summed E-state index contributed by atoms with van der Waals surface area (Å²) in [7, 11) is 0. The van der Waals surface area contributed by atoms with Crippen LogP contribution in [-0.4, -0.2) is 38.3 Å². The second kappa shape index (κ2) is 6.86. The average molecular weight is 276 g/mol. The van der Waals surface area contributed by atoms with E-state index in [0.29, 0.717) is 19.6 Å². The molecule has 1 aromatic rings. The summed E-state index contributed by atoms with van der Waals surface area (Å²) in [6.07, 6.45) is 0.432. The molecule has 0 radical (unpaired) electrons. The Balaban J connectivity index is 1.80. The summed E-state index contributed by atoms with van der Waals surface area (Å²) >= 11 is 0. The van der Waals surface area contributed by atoms with Crippen molar-refractivity contribution in [1.29, 1.82) is 0 Å². The normalized spacial score (nSPS) is 19.6. The van der Waals surface area contributed by atoms with E-state index >= 15 is 0 Å². The van der Waals surface area contributed by atoms with E-state index in [9.17, 15) is 4.79 Å². The largest absolute Gasteiger partial charge is 0.375 e. The third kappa shape index (κ3) is 4.32. The van der Waals surface area contributed by atoms with Gasteiger partial charge in [-0.1, -0.05) is 44.2 Å². The van der Waals surface area contributed by atoms with Gasteiger partial charge in [-0.2, -0.15) is 0 Å². The molecule has 4 nitrogen and oxygen atoms in total. The molecule has 1 atom stereocenters. The van der Waals surface area contributed by atoms with Gasteiger partial charge in [0.2, 0.25) is 5.91 Å². The first-order valence-corrected chi connectivity index (χ1v) is 7.22. The Hall–Kier alpha value is -1.39. The molecule has 1 fully saturated rings. The second-order valence-corrected chi connectivity index (χ2v) is 5.93.